The number of nitrogens with two attached hydrogens (primary N) is 1. The van der Waals surface area contributed by atoms with Crippen LogP contribution in [0, 0.1) is 5.92 Å². The van der Waals surface area contributed by atoms with E-state index < -0.39 is 10.0 Å². The number of sulfonamides is 1. The first-order valence-electron chi connectivity index (χ1n) is 5.56. The zero-order valence-electron chi connectivity index (χ0n) is 10.4. The number of hydrogen-bond donors (Lipinski definition) is 1. The maximum absolute atomic E-state index is 12.2. The van der Waals surface area contributed by atoms with Gasteiger partial charge in [0.05, 0.1) is 0 Å². The molecule has 2 N–H and O–H groups in total. The highest BCUT2D eigenvalue weighted by atomic mass is 32.2. The van der Waals surface area contributed by atoms with Gasteiger partial charge in [0.1, 0.15) is 10.7 Å². The quantitative estimate of drug-likeness (QED) is 0.863. The Morgan fingerprint density at radius 2 is 2.18 bits per heavy atom. The zero-order chi connectivity index (χ0) is 13.1. The summed E-state index contributed by atoms with van der Waals surface area (Å²) in [5.41, 5.74) is 5.59. The molecule has 0 radical (unpaired) electrons. The molecule has 0 bridgehead atoms. The summed E-state index contributed by atoms with van der Waals surface area (Å²) < 4.78 is 25.7. The second-order valence-corrected chi connectivity index (χ2v) is 6.20. The van der Waals surface area contributed by atoms with Crippen LogP contribution >= 0.6 is 0 Å². The van der Waals surface area contributed by atoms with Crippen molar-refractivity contribution in [3.8, 4) is 0 Å². The van der Waals surface area contributed by atoms with Crippen LogP contribution in [0.5, 0.6) is 0 Å². The minimum absolute atomic E-state index is 0.0449. The van der Waals surface area contributed by atoms with Crippen molar-refractivity contribution in [1.82, 2.24) is 9.29 Å². The molecule has 0 spiro atoms. The van der Waals surface area contributed by atoms with E-state index in [0.29, 0.717) is 12.5 Å². The largest absolute Gasteiger partial charge is 0.383 e. The minimum Gasteiger partial charge on any atom is -0.383 e. The number of rotatable bonds is 5. The minimum atomic E-state index is -3.53. The Bertz CT molecular complexity index is 473. The molecular formula is C11H19N3O2S. The van der Waals surface area contributed by atoms with E-state index in [9.17, 15) is 8.42 Å². The Labute approximate surface area is 103 Å². The van der Waals surface area contributed by atoms with E-state index in [4.69, 9.17) is 5.73 Å². The van der Waals surface area contributed by atoms with E-state index in [0.717, 1.165) is 6.42 Å². The smallest absolute Gasteiger partial charge is 0.246 e. The molecule has 1 heterocycles. The molecule has 1 aromatic rings. The molecule has 1 aromatic heterocycles. The molecule has 0 aliphatic heterocycles. The molecule has 0 aliphatic rings. The molecule has 0 amide bonds. The van der Waals surface area contributed by atoms with Crippen molar-refractivity contribution in [3.05, 3.63) is 18.3 Å². The van der Waals surface area contributed by atoms with E-state index in [1.165, 1.54) is 16.6 Å². The van der Waals surface area contributed by atoms with Crippen molar-refractivity contribution in [3.63, 3.8) is 0 Å². The van der Waals surface area contributed by atoms with Gasteiger partial charge in [0, 0.05) is 19.8 Å². The van der Waals surface area contributed by atoms with Crippen molar-refractivity contribution in [2.24, 2.45) is 5.92 Å². The molecule has 0 saturated heterocycles. The van der Waals surface area contributed by atoms with Gasteiger partial charge in [0.25, 0.3) is 0 Å². The van der Waals surface area contributed by atoms with E-state index in [1.807, 2.05) is 13.8 Å². The van der Waals surface area contributed by atoms with E-state index in [1.54, 1.807) is 13.1 Å². The molecule has 96 valence electrons. The maximum Gasteiger partial charge on any atom is 0.246 e. The topological polar surface area (TPSA) is 76.3 Å². The van der Waals surface area contributed by atoms with Crippen LogP contribution < -0.4 is 5.73 Å². The first kappa shape index (κ1) is 13.9. The molecule has 1 rings (SSSR count). The molecule has 1 unspecified atom stereocenters. The van der Waals surface area contributed by atoms with Crippen molar-refractivity contribution in [2.45, 2.75) is 25.2 Å². The highest BCUT2D eigenvalue weighted by Gasteiger charge is 2.24. The van der Waals surface area contributed by atoms with Crippen LogP contribution in [-0.2, 0) is 10.0 Å². The number of nitrogen functional groups attached to an aromatic ring is 1. The van der Waals surface area contributed by atoms with Gasteiger partial charge in [-0.15, -0.1) is 0 Å². The van der Waals surface area contributed by atoms with Gasteiger partial charge in [-0.05, 0) is 18.1 Å². The summed E-state index contributed by atoms with van der Waals surface area (Å²) in [6.07, 6.45) is 2.41. The summed E-state index contributed by atoms with van der Waals surface area (Å²) >= 11 is 0. The molecule has 6 heteroatoms. The fraction of sp³-hybridized carbons (Fsp3) is 0.545. The number of aromatic nitrogens is 1. The Kier molecular flexibility index (Phi) is 4.47. The van der Waals surface area contributed by atoms with Gasteiger partial charge in [0.2, 0.25) is 10.0 Å². The van der Waals surface area contributed by atoms with Crippen LogP contribution in [0.4, 0.5) is 5.82 Å². The van der Waals surface area contributed by atoms with Crippen molar-refractivity contribution in [1.29, 1.82) is 0 Å². The highest BCUT2D eigenvalue weighted by Crippen LogP contribution is 2.20. The summed E-state index contributed by atoms with van der Waals surface area (Å²) in [4.78, 5) is 3.87. The molecule has 0 aliphatic carbocycles. The van der Waals surface area contributed by atoms with Crippen LogP contribution in [-0.4, -0.2) is 31.3 Å². The summed E-state index contributed by atoms with van der Waals surface area (Å²) in [6.45, 7) is 4.52. The van der Waals surface area contributed by atoms with Gasteiger partial charge >= 0.3 is 0 Å². The van der Waals surface area contributed by atoms with Gasteiger partial charge in [-0.3, -0.25) is 0 Å². The Morgan fingerprint density at radius 1 is 1.53 bits per heavy atom. The third-order valence-electron chi connectivity index (χ3n) is 2.75. The molecule has 0 fully saturated rings. The first-order chi connectivity index (χ1) is 7.89. The van der Waals surface area contributed by atoms with Gasteiger partial charge in [-0.25, -0.2) is 17.7 Å². The zero-order valence-corrected chi connectivity index (χ0v) is 11.2. The number of hydrogen-bond acceptors (Lipinski definition) is 4. The van der Waals surface area contributed by atoms with Crippen LogP contribution in [0.25, 0.3) is 0 Å². The van der Waals surface area contributed by atoms with E-state index >= 15 is 0 Å². The predicted molar refractivity (Wildman–Crippen MR) is 67.9 cm³/mol. The predicted octanol–water partition coefficient (Wildman–Crippen LogP) is 1.33. The lowest BCUT2D eigenvalue weighted by atomic mass is 10.1. The average molecular weight is 257 g/mol. The first-order valence-corrected chi connectivity index (χ1v) is 7.00. The summed E-state index contributed by atoms with van der Waals surface area (Å²) in [6, 6.07) is 3.05. The normalized spacial score (nSPS) is 13.9. The maximum atomic E-state index is 12.2. The average Bonchev–Trinajstić information content (AvgIpc) is 2.29. The Hall–Kier alpha value is -1.14. The summed E-state index contributed by atoms with van der Waals surface area (Å²) in [5, 5.41) is 0. The molecule has 5 nitrogen and oxygen atoms in total. The Balaban J connectivity index is 3.00. The molecule has 0 saturated carbocycles. The number of pyridine rings is 1. The molecular weight excluding hydrogens is 238 g/mol. The number of anilines is 1. The van der Waals surface area contributed by atoms with Crippen molar-refractivity contribution >= 4 is 15.8 Å². The van der Waals surface area contributed by atoms with Gasteiger partial charge < -0.3 is 5.73 Å². The van der Waals surface area contributed by atoms with Gasteiger partial charge in [-0.2, -0.15) is 0 Å². The highest BCUT2D eigenvalue weighted by molar-refractivity contribution is 7.89. The lowest BCUT2D eigenvalue weighted by molar-refractivity contribution is 0.394. The second-order valence-electron chi connectivity index (χ2n) is 4.19. The summed E-state index contributed by atoms with van der Waals surface area (Å²) in [5.74, 6) is 0.358. The second kappa shape index (κ2) is 5.46. The van der Waals surface area contributed by atoms with Crippen LogP contribution in [0.15, 0.2) is 23.2 Å². The third-order valence-corrected chi connectivity index (χ3v) is 4.62. The molecule has 17 heavy (non-hydrogen) atoms. The third kappa shape index (κ3) is 3.17. The standard InChI is InChI=1S/C11H19N3O2S/c1-4-9(2)8-14(3)17(15,16)10-6-5-7-13-11(10)12/h5-7,9H,4,8H2,1-3H3,(H2,12,13). The Morgan fingerprint density at radius 3 is 2.71 bits per heavy atom. The van der Waals surface area contributed by atoms with Gasteiger partial charge in [-0.1, -0.05) is 20.3 Å². The van der Waals surface area contributed by atoms with Crippen LogP contribution in [0.1, 0.15) is 20.3 Å². The fourth-order valence-electron chi connectivity index (χ4n) is 1.45. The van der Waals surface area contributed by atoms with Crippen LogP contribution in [0.2, 0.25) is 0 Å². The fourth-order valence-corrected chi connectivity index (χ4v) is 2.81. The lowest BCUT2D eigenvalue weighted by Gasteiger charge is -2.20. The van der Waals surface area contributed by atoms with Crippen molar-refractivity contribution in [2.75, 3.05) is 19.3 Å². The summed E-state index contributed by atoms with van der Waals surface area (Å²) in [7, 11) is -1.97. The molecule has 1 atom stereocenters. The monoisotopic (exact) mass is 257 g/mol. The van der Waals surface area contributed by atoms with Crippen molar-refractivity contribution < 1.29 is 8.42 Å². The van der Waals surface area contributed by atoms with E-state index in [2.05, 4.69) is 4.98 Å². The SMILES string of the molecule is CCC(C)CN(C)S(=O)(=O)c1cccnc1N. The molecule has 0 aromatic carbocycles. The van der Waals surface area contributed by atoms with Gasteiger partial charge in [0.15, 0.2) is 0 Å². The van der Waals surface area contributed by atoms with E-state index in [-0.39, 0.29) is 10.7 Å². The number of nitrogens with zero attached hydrogens (tertiary/aromatic N) is 2. The lowest BCUT2D eigenvalue weighted by Crippen LogP contribution is -2.31. The van der Waals surface area contributed by atoms with Crippen LogP contribution in [0.3, 0.4) is 0 Å².